The quantitative estimate of drug-likeness (QED) is 0.445. The van der Waals surface area contributed by atoms with Crippen LogP contribution in [-0.2, 0) is 0 Å². The molecular formula is C12H19ClN4O. The van der Waals surface area contributed by atoms with Gasteiger partial charge < -0.3 is 10.7 Å². The molecule has 1 aromatic rings. The zero-order chi connectivity index (χ0) is 13.8. The summed E-state index contributed by atoms with van der Waals surface area (Å²) in [6.45, 7) is 6.99. The van der Waals surface area contributed by atoms with Crippen LogP contribution < -0.4 is 16.6 Å². The third-order valence-electron chi connectivity index (χ3n) is 2.36. The number of nitrogens with two attached hydrogens (primary N) is 1. The van der Waals surface area contributed by atoms with Gasteiger partial charge in [-0.15, -0.1) is 0 Å². The number of amides is 1. The Hall–Kier alpha value is -1.33. The highest BCUT2D eigenvalue weighted by molar-refractivity contribution is 6.29. The van der Waals surface area contributed by atoms with E-state index in [1.807, 2.05) is 0 Å². The van der Waals surface area contributed by atoms with Crippen LogP contribution in [-0.4, -0.2) is 17.4 Å². The maximum Gasteiger partial charge on any atom is 0.251 e. The molecule has 1 aromatic heterocycles. The predicted octanol–water partition coefficient (Wildman–Crippen LogP) is 2.19. The molecule has 18 heavy (non-hydrogen) atoms. The molecule has 100 valence electrons. The Kier molecular flexibility index (Phi) is 4.93. The van der Waals surface area contributed by atoms with Crippen molar-refractivity contribution in [1.82, 2.24) is 10.3 Å². The Balaban J connectivity index is 2.64. The lowest BCUT2D eigenvalue weighted by Gasteiger charge is -2.18. The predicted molar refractivity (Wildman–Crippen MR) is 73.5 cm³/mol. The molecule has 0 saturated heterocycles. The molecule has 0 aromatic carbocycles. The monoisotopic (exact) mass is 270 g/mol. The molecule has 1 rings (SSSR count). The fourth-order valence-electron chi connectivity index (χ4n) is 1.36. The summed E-state index contributed by atoms with van der Waals surface area (Å²) in [6.07, 6.45) is 0.902. The number of hydrazine groups is 1. The molecule has 0 bridgehead atoms. The molecule has 5 nitrogen and oxygen atoms in total. The van der Waals surface area contributed by atoms with Gasteiger partial charge in [0.2, 0.25) is 0 Å². The van der Waals surface area contributed by atoms with Crippen molar-refractivity contribution in [3.05, 3.63) is 22.8 Å². The van der Waals surface area contributed by atoms with Crippen molar-refractivity contribution in [1.29, 1.82) is 0 Å². The second kappa shape index (κ2) is 6.02. The summed E-state index contributed by atoms with van der Waals surface area (Å²) >= 11 is 5.79. The lowest BCUT2D eigenvalue weighted by atomic mass is 9.92. The smallest absolute Gasteiger partial charge is 0.251 e. The highest BCUT2D eigenvalue weighted by Crippen LogP contribution is 2.17. The zero-order valence-corrected chi connectivity index (χ0v) is 11.6. The van der Waals surface area contributed by atoms with Gasteiger partial charge in [-0.3, -0.25) is 4.79 Å². The first-order chi connectivity index (χ1) is 8.31. The van der Waals surface area contributed by atoms with E-state index in [9.17, 15) is 4.79 Å². The van der Waals surface area contributed by atoms with Crippen LogP contribution in [0.25, 0.3) is 0 Å². The van der Waals surface area contributed by atoms with Crippen molar-refractivity contribution in [3.63, 3.8) is 0 Å². The summed E-state index contributed by atoms with van der Waals surface area (Å²) in [6, 6.07) is 3.06. The molecule has 4 N–H and O–H groups in total. The second-order valence-electron chi connectivity index (χ2n) is 5.27. The fraction of sp³-hybridized carbons (Fsp3) is 0.500. The van der Waals surface area contributed by atoms with Crippen molar-refractivity contribution < 1.29 is 4.79 Å². The largest absolute Gasteiger partial charge is 0.352 e. The molecule has 6 heteroatoms. The SMILES string of the molecule is CC(C)(C)CCNC(=O)c1cc(Cl)nc(NN)c1. The van der Waals surface area contributed by atoms with Gasteiger partial charge in [0.05, 0.1) is 0 Å². The van der Waals surface area contributed by atoms with Crippen LogP contribution in [0.5, 0.6) is 0 Å². The molecule has 0 fully saturated rings. The minimum absolute atomic E-state index is 0.181. The number of carbonyl (C=O) groups excluding carboxylic acids is 1. The Morgan fingerprint density at radius 1 is 1.44 bits per heavy atom. The Labute approximate surface area is 112 Å². The number of nitrogens with one attached hydrogen (secondary N) is 2. The summed E-state index contributed by atoms with van der Waals surface area (Å²) in [5.74, 6) is 5.43. The third kappa shape index (κ3) is 4.89. The van der Waals surface area contributed by atoms with Crippen LogP contribution in [0, 0.1) is 5.41 Å². The fourth-order valence-corrected chi connectivity index (χ4v) is 1.56. The molecule has 1 heterocycles. The average Bonchev–Trinajstić information content (AvgIpc) is 2.26. The first kappa shape index (κ1) is 14.7. The van der Waals surface area contributed by atoms with E-state index in [2.05, 4.69) is 36.5 Å². The van der Waals surface area contributed by atoms with Gasteiger partial charge in [-0.05, 0) is 24.0 Å². The number of nitrogen functional groups attached to an aromatic ring is 1. The van der Waals surface area contributed by atoms with E-state index in [-0.39, 0.29) is 16.5 Å². The number of rotatable bonds is 4. The summed E-state index contributed by atoms with van der Waals surface area (Å²) in [5.41, 5.74) is 3.00. The Morgan fingerprint density at radius 2 is 2.11 bits per heavy atom. The van der Waals surface area contributed by atoms with Crippen molar-refractivity contribution in [3.8, 4) is 0 Å². The topological polar surface area (TPSA) is 80.0 Å². The van der Waals surface area contributed by atoms with Crippen LogP contribution in [0.3, 0.4) is 0 Å². The molecule has 0 aliphatic rings. The van der Waals surface area contributed by atoms with E-state index >= 15 is 0 Å². The van der Waals surface area contributed by atoms with Gasteiger partial charge in [-0.25, -0.2) is 10.8 Å². The van der Waals surface area contributed by atoms with Gasteiger partial charge in [-0.2, -0.15) is 0 Å². The molecule has 0 radical (unpaired) electrons. The number of hydrogen-bond donors (Lipinski definition) is 3. The van der Waals surface area contributed by atoms with Crippen molar-refractivity contribution >= 4 is 23.3 Å². The van der Waals surface area contributed by atoms with Gasteiger partial charge >= 0.3 is 0 Å². The lowest BCUT2D eigenvalue weighted by Crippen LogP contribution is -2.27. The van der Waals surface area contributed by atoms with Crippen molar-refractivity contribution in [2.24, 2.45) is 11.3 Å². The summed E-state index contributed by atoms with van der Waals surface area (Å²) in [5, 5.41) is 3.07. The number of nitrogens with zero attached hydrogens (tertiary/aromatic N) is 1. The minimum Gasteiger partial charge on any atom is -0.352 e. The molecule has 0 unspecified atom stereocenters. The number of carbonyl (C=O) groups is 1. The van der Waals surface area contributed by atoms with Crippen LogP contribution in [0.4, 0.5) is 5.82 Å². The van der Waals surface area contributed by atoms with Gasteiger partial charge in [0.15, 0.2) is 0 Å². The van der Waals surface area contributed by atoms with Gasteiger partial charge in [0.1, 0.15) is 11.0 Å². The number of halogens is 1. The summed E-state index contributed by atoms with van der Waals surface area (Å²) < 4.78 is 0. The van der Waals surface area contributed by atoms with Gasteiger partial charge in [0.25, 0.3) is 5.91 Å². The molecule has 1 amide bonds. The van der Waals surface area contributed by atoms with E-state index in [0.29, 0.717) is 17.9 Å². The number of aromatic nitrogens is 1. The van der Waals surface area contributed by atoms with E-state index < -0.39 is 0 Å². The summed E-state index contributed by atoms with van der Waals surface area (Å²) in [4.78, 5) is 15.8. The molecule has 0 saturated carbocycles. The van der Waals surface area contributed by atoms with E-state index in [4.69, 9.17) is 17.4 Å². The van der Waals surface area contributed by atoms with Crippen molar-refractivity contribution in [2.75, 3.05) is 12.0 Å². The van der Waals surface area contributed by atoms with Crippen LogP contribution in [0.1, 0.15) is 37.6 Å². The second-order valence-corrected chi connectivity index (χ2v) is 5.66. The van der Waals surface area contributed by atoms with Crippen LogP contribution in [0.15, 0.2) is 12.1 Å². The normalized spacial score (nSPS) is 11.2. The Morgan fingerprint density at radius 3 is 2.67 bits per heavy atom. The highest BCUT2D eigenvalue weighted by Gasteiger charge is 2.12. The maximum absolute atomic E-state index is 11.9. The standard InChI is InChI=1S/C12H19ClN4O/c1-12(2,3)4-5-15-11(18)8-6-9(13)16-10(7-8)17-14/h6-7H,4-5,14H2,1-3H3,(H,15,18)(H,16,17). The molecule has 0 atom stereocenters. The maximum atomic E-state index is 11.9. The number of hydrogen-bond acceptors (Lipinski definition) is 4. The van der Waals surface area contributed by atoms with Crippen LogP contribution >= 0.6 is 11.6 Å². The minimum atomic E-state index is -0.181. The van der Waals surface area contributed by atoms with E-state index in [1.165, 1.54) is 6.07 Å². The van der Waals surface area contributed by atoms with E-state index in [1.54, 1.807) is 6.07 Å². The van der Waals surface area contributed by atoms with Crippen LogP contribution in [0.2, 0.25) is 5.15 Å². The average molecular weight is 271 g/mol. The van der Waals surface area contributed by atoms with Gasteiger partial charge in [0, 0.05) is 12.1 Å². The molecule has 0 aliphatic carbocycles. The Bertz CT molecular complexity index is 429. The third-order valence-corrected chi connectivity index (χ3v) is 2.56. The first-order valence-electron chi connectivity index (χ1n) is 5.74. The van der Waals surface area contributed by atoms with Crippen molar-refractivity contribution in [2.45, 2.75) is 27.2 Å². The number of pyridine rings is 1. The molecule has 0 aliphatic heterocycles. The zero-order valence-electron chi connectivity index (χ0n) is 10.9. The van der Waals surface area contributed by atoms with E-state index in [0.717, 1.165) is 6.42 Å². The highest BCUT2D eigenvalue weighted by atomic mass is 35.5. The number of anilines is 1. The molecule has 0 spiro atoms. The lowest BCUT2D eigenvalue weighted by molar-refractivity contribution is 0.0949. The summed E-state index contributed by atoms with van der Waals surface area (Å²) in [7, 11) is 0. The first-order valence-corrected chi connectivity index (χ1v) is 6.12. The molecular weight excluding hydrogens is 252 g/mol. The van der Waals surface area contributed by atoms with Gasteiger partial charge in [-0.1, -0.05) is 32.4 Å².